The van der Waals surface area contributed by atoms with Gasteiger partial charge in [-0.3, -0.25) is 0 Å². The van der Waals surface area contributed by atoms with Gasteiger partial charge in [-0.15, -0.1) is 0 Å². The summed E-state index contributed by atoms with van der Waals surface area (Å²) < 4.78 is 10.6. The fourth-order valence-corrected chi connectivity index (χ4v) is 0.964. The van der Waals surface area contributed by atoms with Gasteiger partial charge in [0.05, 0.1) is 0 Å². The molecule has 0 aliphatic heterocycles. The van der Waals surface area contributed by atoms with Gasteiger partial charge < -0.3 is 0 Å². The Morgan fingerprint density at radius 2 is 2.40 bits per heavy atom. The summed E-state index contributed by atoms with van der Waals surface area (Å²) in [6, 6.07) is 0. The Balaban J connectivity index is 2.42. The van der Waals surface area contributed by atoms with Crippen LogP contribution in [0.3, 0.4) is 0 Å². The molecule has 1 unspecified atom stereocenters. The minimum absolute atomic E-state index is 0.634. The van der Waals surface area contributed by atoms with Gasteiger partial charge in [-0.05, 0) is 0 Å². The van der Waals surface area contributed by atoms with Crippen molar-refractivity contribution in [1.29, 1.82) is 0 Å². The van der Waals surface area contributed by atoms with Crippen LogP contribution < -0.4 is 4.68 Å². The van der Waals surface area contributed by atoms with Crippen LogP contribution in [0.25, 0.3) is 0 Å². The van der Waals surface area contributed by atoms with E-state index < -0.39 is 0 Å². The zero-order valence-electron chi connectivity index (χ0n) is 5.70. The number of ether oxygens (including phenoxy) is 1. The van der Waals surface area contributed by atoms with Crippen LogP contribution in [0.4, 0.5) is 0 Å². The first-order chi connectivity index (χ1) is 4.83. The van der Waals surface area contributed by atoms with Crippen molar-refractivity contribution in [1.82, 2.24) is 10.2 Å². The molecule has 1 heterocycles. The van der Waals surface area contributed by atoms with E-state index in [9.17, 15) is 0 Å². The van der Waals surface area contributed by atoms with Gasteiger partial charge in [0.25, 0.3) is 0 Å². The van der Waals surface area contributed by atoms with Crippen molar-refractivity contribution in [2.75, 3.05) is 13.7 Å². The SMILES string of the molecule is COCCc1nnc([AsH2])o1. The molecule has 0 N–H and O–H groups in total. The van der Waals surface area contributed by atoms with E-state index in [4.69, 9.17) is 9.15 Å². The Kier molecular flexibility index (Phi) is 2.90. The van der Waals surface area contributed by atoms with Crippen molar-refractivity contribution in [2.45, 2.75) is 6.42 Å². The van der Waals surface area contributed by atoms with Crippen LogP contribution in [-0.2, 0) is 11.2 Å². The molecule has 10 heavy (non-hydrogen) atoms. The van der Waals surface area contributed by atoms with E-state index in [1.165, 1.54) is 16.9 Å². The molecule has 1 aromatic heterocycles. The van der Waals surface area contributed by atoms with Crippen LogP contribution in [0.15, 0.2) is 4.42 Å². The molecule has 0 fully saturated rings. The van der Waals surface area contributed by atoms with Crippen LogP contribution in [0.1, 0.15) is 5.89 Å². The molecule has 1 aromatic rings. The first kappa shape index (κ1) is 7.76. The van der Waals surface area contributed by atoms with Gasteiger partial charge >= 0.3 is 66.9 Å². The molecular formula is C5H9AsN2O2. The van der Waals surface area contributed by atoms with Gasteiger partial charge in [-0.2, -0.15) is 0 Å². The molecular weight excluding hydrogens is 195 g/mol. The Morgan fingerprint density at radius 3 is 2.90 bits per heavy atom. The van der Waals surface area contributed by atoms with Gasteiger partial charge in [0, 0.05) is 0 Å². The second-order valence-corrected chi connectivity index (χ2v) is 2.81. The Hall–Kier alpha value is -0.342. The Morgan fingerprint density at radius 1 is 1.60 bits per heavy atom. The number of hydrogen-bond acceptors (Lipinski definition) is 4. The van der Waals surface area contributed by atoms with Crippen LogP contribution >= 0.6 is 0 Å². The summed E-state index contributed by atoms with van der Waals surface area (Å²) >= 11 is 1.34. The number of aromatic nitrogens is 2. The summed E-state index contributed by atoms with van der Waals surface area (Å²) in [7, 11) is 1.65. The van der Waals surface area contributed by atoms with E-state index in [1.54, 1.807) is 7.11 Å². The van der Waals surface area contributed by atoms with Crippen molar-refractivity contribution >= 4 is 21.5 Å². The standard InChI is InChI=1S/C5H9AsN2O2/c1-9-3-2-4-7-8-5(6)10-4/h2-3,6H2,1H3. The first-order valence-corrected chi connectivity index (χ1v) is 4.11. The van der Waals surface area contributed by atoms with E-state index in [1.807, 2.05) is 0 Å². The van der Waals surface area contributed by atoms with Crippen molar-refractivity contribution in [3.8, 4) is 0 Å². The van der Waals surface area contributed by atoms with Crippen LogP contribution in [0.5, 0.6) is 0 Å². The maximum atomic E-state index is 5.11. The first-order valence-electron chi connectivity index (χ1n) is 2.89. The minimum atomic E-state index is 0.634. The summed E-state index contributed by atoms with van der Waals surface area (Å²) in [5.74, 6) is 0.654. The molecule has 0 saturated carbocycles. The van der Waals surface area contributed by atoms with E-state index in [0.29, 0.717) is 23.6 Å². The predicted molar refractivity (Wildman–Crippen MR) is 38.1 cm³/mol. The molecule has 56 valence electrons. The Bertz CT molecular complexity index is 201. The zero-order valence-corrected chi connectivity index (χ0v) is 8.13. The van der Waals surface area contributed by atoms with Crippen molar-refractivity contribution in [3.05, 3.63) is 5.89 Å². The molecule has 1 rings (SSSR count). The third-order valence-corrected chi connectivity index (χ3v) is 1.49. The average molecular weight is 204 g/mol. The number of rotatable bonds is 3. The molecule has 0 saturated heterocycles. The van der Waals surface area contributed by atoms with Gasteiger partial charge in [0.1, 0.15) is 0 Å². The molecule has 0 bridgehead atoms. The molecule has 5 heteroatoms. The van der Waals surface area contributed by atoms with Crippen LogP contribution in [0.2, 0.25) is 0 Å². The normalized spacial score (nSPS) is 10.2. The van der Waals surface area contributed by atoms with E-state index in [2.05, 4.69) is 10.2 Å². The average Bonchev–Trinajstić information content (AvgIpc) is 2.31. The molecule has 0 spiro atoms. The maximum absolute atomic E-state index is 5.11. The molecule has 1 atom stereocenters. The number of hydrogen-bond donors (Lipinski definition) is 0. The van der Waals surface area contributed by atoms with Gasteiger partial charge in [0.15, 0.2) is 0 Å². The fourth-order valence-electron chi connectivity index (χ4n) is 0.557. The fraction of sp³-hybridized carbons (Fsp3) is 0.600. The Labute approximate surface area is 67.5 Å². The third kappa shape index (κ3) is 2.12. The topological polar surface area (TPSA) is 48.2 Å². The van der Waals surface area contributed by atoms with Gasteiger partial charge in [-0.25, -0.2) is 0 Å². The molecule has 4 nitrogen and oxygen atoms in total. The van der Waals surface area contributed by atoms with E-state index in [0.717, 1.165) is 0 Å². The quantitative estimate of drug-likeness (QED) is 0.563. The summed E-state index contributed by atoms with van der Waals surface area (Å²) in [4.78, 5) is 0. The van der Waals surface area contributed by atoms with Crippen molar-refractivity contribution in [3.63, 3.8) is 0 Å². The summed E-state index contributed by atoms with van der Waals surface area (Å²) in [6.45, 7) is 0.634. The second-order valence-electron chi connectivity index (χ2n) is 1.78. The molecule has 0 aliphatic rings. The van der Waals surface area contributed by atoms with Crippen molar-refractivity contribution in [2.24, 2.45) is 0 Å². The van der Waals surface area contributed by atoms with Crippen LogP contribution in [-0.4, -0.2) is 40.8 Å². The summed E-state index contributed by atoms with van der Waals surface area (Å²) in [5, 5.41) is 7.50. The van der Waals surface area contributed by atoms with Crippen LogP contribution in [0, 0.1) is 0 Å². The summed E-state index contributed by atoms with van der Waals surface area (Å²) in [5.41, 5.74) is 0. The molecule has 0 radical (unpaired) electrons. The third-order valence-electron chi connectivity index (χ3n) is 1.00. The molecule has 0 aliphatic carbocycles. The summed E-state index contributed by atoms with van der Waals surface area (Å²) in [6.07, 6.45) is 0.702. The monoisotopic (exact) mass is 204 g/mol. The zero-order chi connectivity index (χ0) is 7.40. The second kappa shape index (κ2) is 3.74. The van der Waals surface area contributed by atoms with Gasteiger partial charge in [-0.1, -0.05) is 0 Å². The van der Waals surface area contributed by atoms with E-state index >= 15 is 0 Å². The predicted octanol–water partition coefficient (Wildman–Crippen LogP) is -1.48. The molecule has 0 aromatic carbocycles. The number of nitrogens with zero attached hydrogens (tertiary/aromatic N) is 2. The van der Waals surface area contributed by atoms with E-state index in [-0.39, 0.29) is 0 Å². The molecule has 0 amide bonds. The number of methoxy groups -OCH3 is 1. The van der Waals surface area contributed by atoms with Crippen molar-refractivity contribution < 1.29 is 9.15 Å². The van der Waals surface area contributed by atoms with Gasteiger partial charge in [0.2, 0.25) is 0 Å².